The number of benzene rings is 1. The quantitative estimate of drug-likeness (QED) is 0.692. The van der Waals surface area contributed by atoms with Crippen molar-refractivity contribution in [3.05, 3.63) is 28.3 Å². The van der Waals surface area contributed by atoms with Crippen LogP contribution in [0.15, 0.2) is 22.5 Å². The third kappa shape index (κ3) is 2.33. The van der Waals surface area contributed by atoms with Crippen molar-refractivity contribution in [3.63, 3.8) is 0 Å². The monoisotopic (exact) mass is 281 g/mol. The minimum absolute atomic E-state index is 0.104. The molecule has 1 aliphatic rings. The van der Waals surface area contributed by atoms with Gasteiger partial charge in [-0.3, -0.25) is 10.1 Å². The molecule has 2 heterocycles. The van der Waals surface area contributed by atoms with Gasteiger partial charge in [0.2, 0.25) is 0 Å². The molecule has 1 aliphatic heterocycles. The lowest BCUT2D eigenvalue weighted by atomic mass is 10.3. The molecule has 0 aliphatic carbocycles. The van der Waals surface area contributed by atoms with Crippen LogP contribution in [0.3, 0.4) is 0 Å². The predicted molar refractivity (Wildman–Crippen MR) is 73.4 cm³/mol. The lowest BCUT2D eigenvalue weighted by molar-refractivity contribution is -0.384. The Morgan fingerprint density at radius 3 is 3.17 bits per heavy atom. The summed E-state index contributed by atoms with van der Waals surface area (Å²) in [7, 11) is 0. The second kappa shape index (κ2) is 4.83. The highest BCUT2D eigenvalue weighted by molar-refractivity contribution is 8.01. The largest absolute Gasteiger partial charge is 0.316 e. The SMILES string of the molecule is O=[N+]([O-])c1ccc2sc(S[C@@H]3CCNC3)nc2c1. The average Bonchev–Trinajstić information content (AvgIpc) is 2.96. The standard InChI is InChI=1S/C11H11N3O2S2/c15-14(16)7-1-2-10-9(5-7)13-11(18-10)17-8-3-4-12-6-8/h1-2,5,8,12H,3-4,6H2/t8-/m1/s1. The van der Waals surface area contributed by atoms with Gasteiger partial charge in [-0.25, -0.2) is 4.98 Å². The Morgan fingerprint density at radius 1 is 1.56 bits per heavy atom. The van der Waals surface area contributed by atoms with E-state index in [-0.39, 0.29) is 10.6 Å². The summed E-state index contributed by atoms with van der Waals surface area (Å²) >= 11 is 3.37. The Morgan fingerprint density at radius 2 is 2.44 bits per heavy atom. The minimum Gasteiger partial charge on any atom is -0.316 e. The second-order valence-corrected chi connectivity index (χ2v) is 6.70. The first kappa shape index (κ1) is 11.9. The highest BCUT2D eigenvalue weighted by atomic mass is 32.2. The molecule has 0 saturated carbocycles. The first-order chi connectivity index (χ1) is 8.72. The van der Waals surface area contributed by atoms with Gasteiger partial charge in [0, 0.05) is 23.9 Å². The van der Waals surface area contributed by atoms with Crippen LogP contribution in [0, 0.1) is 10.1 Å². The van der Waals surface area contributed by atoms with Gasteiger partial charge in [-0.05, 0) is 19.0 Å². The van der Waals surface area contributed by atoms with Crippen molar-refractivity contribution in [2.45, 2.75) is 16.0 Å². The molecule has 5 nitrogen and oxygen atoms in total. The van der Waals surface area contributed by atoms with Gasteiger partial charge in [0.1, 0.15) is 0 Å². The maximum Gasteiger partial charge on any atom is 0.271 e. The molecule has 7 heteroatoms. The van der Waals surface area contributed by atoms with Crippen molar-refractivity contribution in [2.24, 2.45) is 0 Å². The lowest BCUT2D eigenvalue weighted by Gasteiger charge is -2.02. The molecule has 3 rings (SSSR count). The molecule has 1 fully saturated rings. The van der Waals surface area contributed by atoms with E-state index >= 15 is 0 Å². The number of hydrogen-bond acceptors (Lipinski definition) is 6. The third-order valence-electron chi connectivity index (χ3n) is 2.84. The zero-order valence-electron chi connectivity index (χ0n) is 9.46. The Hall–Kier alpha value is -1.18. The van der Waals surface area contributed by atoms with Crippen LogP contribution in [0.4, 0.5) is 5.69 Å². The molecule has 1 N–H and O–H groups in total. The fourth-order valence-electron chi connectivity index (χ4n) is 1.93. The summed E-state index contributed by atoms with van der Waals surface area (Å²) in [6.45, 7) is 2.08. The van der Waals surface area contributed by atoms with Crippen LogP contribution in [0.25, 0.3) is 10.2 Å². The van der Waals surface area contributed by atoms with Crippen LogP contribution < -0.4 is 5.32 Å². The molecule has 1 saturated heterocycles. The van der Waals surface area contributed by atoms with Gasteiger partial charge in [0.05, 0.1) is 15.1 Å². The number of nitro benzene ring substituents is 1. The Balaban J connectivity index is 1.87. The summed E-state index contributed by atoms with van der Waals surface area (Å²) in [4.78, 5) is 14.8. The molecule has 0 radical (unpaired) electrons. The number of hydrogen-bond donors (Lipinski definition) is 1. The Kier molecular flexibility index (Phi) is 3.19. The van der Waals surface area contributed by atoms with Gasteiger partial charge in [-0.2, -0.15) is 0 Å². The maximum atomic E-state index is 10.7. The number of non-ortho nitro benzene ring substituents is 1. The first-order valence-electron chi connectivity index (χ1n) is 5.65. The van der Waals surface area contributed by atoms with E-state index in [1.165, 1.54) is 6.07 Å². The Labute approximate surface area is 112 Å². The minimum atomic E-state index is -0.382. The fourth-order valence-corrected chi connectivity index (χ4v) is 4.35. The van der Waals surface area contributed by atoms with Crippen LogP contribution >= 0.6 is 23.1 Å². The van der Waals surface area contributed by atoms with E-state index in [2.05, 4.69) is 10.3 Å². The van der Waals surface area contributed by atoms with Crippen molar-refractivity contribution in [2.75, 3.05) is 13.1 Å². The predicted octanol–water partition coefficient (Wildman–Crippen LogP) is 2.66. The van der Waals surface area contributed by atoms with Gasteiger partial charge >= 0.3 is 0 Å². The molecule has 1 atom stereocenters. The van der Waals surface area contributed by atoms with E-state index in [0.717, 1.165) is 34.1 Å². The fraction of sp³-hybridized carbons (Fsp3) is 0.364. The van der Waals surface area contributed by atoms with Crippen molar-refractivity contribution in [3.8, 4) is 0 Å². The van der Waals surface area contributed by atoms with Gasteiger partial charge in [-0.15, -0.1) is 11.3 Å². The number of aromatic nitrogens is 1. The zero-order valence-corrected chi connectivity index (χ0v) is 11.1. The van der Waals surface area contributed by atoms with E-state index in [1.54, 1.807) is 35.2 Å². The number of thioether (sulfide) groups is 1. The third-order valence-corrected chi connectivity index (χ3v) is 5.24. The van der Waals surface area contributed by atoms with E-state index in [4.69, 9.17) is 0 Å². The zero-order chi connectivity index (χ0) is 12.5. The first-order valence-corrected chi connectivity index (χ1v) is 7.34. The van der Waals surface area contributed by atoms with Crippen molar-refractivity contribution in [1.29, 1.82) is 0 Å². The maximum absolute atomic E-state index is 10.7. The van der Waals surface area contributed by atoms with Crippen molar-refractivity contribution < 1.29 is 4.92 Å². The summed E-state index contributed by atoms with van der Waals surface area (Å²) in [5.41, 5.74) is 0.828. The number of thiazole rings is 1. The van der Waals surface area contributed by atoms with Crippen LogP contribution in [0.5, 0.6) is 0 Å². The van der Waals surface area contributed by atoms with Crippen molar-refractivity contribution >= 4 is 39.0 Å². The molecule has 0 spiro atoms. The number of nitrogens with one attached hydrogen (secondary N) is 1. The highest BCUT2D eigenvalue weighted by Crippen LogP contribution is 2.34. The number of nitro groups is 1. The van der Waals surface area contributed by atoms with Gasteiger partial charge in [0.25, 0.3) is 5.69 Å². The summed E-state index contributed by atoms with van der Waals surface area (Å²) in [5, 5.41) is 14.6. The molecule has 0 amide bonds. The highest BCUT2D eigenvalue weighted by Gasteiger charge is 2.18. The van der Waals surface area contributed by atoms with Gasteiger partial charge < -0.3 is 5.32 Å². The van der Waals surface area contributed by atoms with Gasteiger partial charge in [0.15, 0.2) is 4.34 Å². The molecule has 94 valence electrons. The van der Waals surface area contributed by atoms with Crippen LogP contribution in [0.1, 0.15) is 6.42 Å². The van der Waals surface area contributed by atoms with Crippen LogP contribution in [0.2, 0.25) is 0 Å². The number of nitrogens with zero attached hydrogens (tertiary/aromatic N) is 2. The molecule has 0 bridgehead atoms. The average molecular weight is 281 g/mol. The Bertz CT molecular complexity index is 593. The molecular weight excluding hydrogens is 270 g/mol. The molecular formula is C11H11N3O2S2. The summed E-state index contributed by atoms with van der Waals surface area (Å²) in [6.07, 6.45) is 1.15. The van der Waals surface area contributed by atoms with E-state index in [1.807, 2.05) is 0 Å². The molecule has 1 aromatic heterocycles. The lowest BCUT2D eigenvalue weighted by Crippen LogP contribution is -2.09. The molecule has 18 heavy (non-hydrogen) atoms. The molecule has 2 aromatic rings. The van der Waals surface area contributed by atoms with E-state index in [0.29, 0.717) is 5.25 Å². The number of rotatable bonds is 3. The summed E-state index contributed by atoms with van der Waals surface area (Å²) < 4.78 is 2.01. The molecule has 0 unspecified atom stereocenters. The smallest absolute Gasteiger partial charge is 0.271 e. The number of fused-ring (bicyclic) bond motifs is 1. The summed E-state index contributed by atoms with van der Waals surface area (Å²) in [6, 6.07) is 4.86. The normalized spacial score (nSPS) is 19.4. The van der Waals surface area contributed by atoms with Crippen LogP contribution in [-0.2, 0) is 0 Å². The second-order valence-electron chi connectivity index (χ2n) is 4.12. The van der Waals surface area contributed by atoms with Gasteiger partial charge in [-0.1, -0.05) is 11.8 Å². The van der Waals surface area contributed by atoms with E-state index in [9.17, 15) is 10.1 Å². The van der Waals surface area contributed by atoms with E-state index < -0.39 is 0 Å². The van der Waals surface area contributed by atoms with Crippen LogP contribution in [-0.4, -0.2) is 28.2 Å². The van der Waals surface area contributed by atoms with Crippen molar-refractivity contribution in [1.82, 2.24) is 10.3 Å². The topological polar surface area (TPSA) is 68.1 Å². The molecule has 1 aromatic carbocycles. The summed E-state index contributed by atoms with van der Waals surface area (Å²) in [5.74, 6) is 0.